The van der Waals surface area contributed by atoms with Gasteiger partial charge >= 0.3 is 0 Å². The summed E-state index contributed by atoms with van der Waals surface area (Å²) >= 11 is 0. The van der Waals surface area contributed by atoms with Gasteiger partial charge in [0.1, 0.15) is 5.75 Å². The van der Waals surface area contributed by atoms with Gasteiger partial charge in [-0.05, 0) is 35.6 Å². The Labute approximate surface area is 119 Å². The highest BCUT2D eigenvalue weighted by Gasteiger charge is 2.15. The first-order chi connectivity index (χ1) is 9.88. The zero-order valence-corrected chi connectivity index (χ0v) is 11.5. The van der Waals surface area contributed by atoms with E-state index in [1.54, 1.807) is 0 Å². The fourth-order valence-corrected chi connectivity index (χ4v) is 2.73. The fourth-order valence-electron chi connectivity index (χ4n) is 2.73. The molecule has 0 spiro atoms. The van der Waals surface area contributed by atoms with Crippen molar-refractivity contribution in [1.82, 2.24) is 0 Å². The van der Waals surface area contributed by atoms with Gasteiger partial charge in [-0.2, -0.15) is 0 Å². The van der Waals surface area contributed by atoms with Gasteiger partial charge in [-0.15, -0.1) is 0 Å². The lowest BCUT2D eigenvalue weighted by Crippen LogP contribution is -2.21. The molecule has 0 amide bonds. The smallest absolute Gasteiger partial charge is 0.125 e. The summed E-state index contributed by atoms with van der Waals surface area (Å²) in [6, 6.07) is 12.1. The third-order valence-corrected chi connectivity index (χ3v) is 3.97. The second-order valence-electron chi connectivity index (χ2n) is 5.29. The van der Waals surface area contributed by atoms with Crippen molar-refractivity contribution in [3.8, 4) is 5.75 Å². The Morgan fingerprint density at radius 2 is 1.90 bits per heavy atom. The van der Waals surface area contributed by atoms with Crippen LogP contribution in [0.3, 0.4) is 0 Å². The Morgan fingerprint density at radius 3 is 2.70 bits per heavy atom. The maximum Gasteiger partial charge on any atom is 0.125 e. The first-order valence-electron chi connectivity index (χ1n) is 7.20. The molecule has 0 bridgehead atoms. The van der Waals surface area contributed by atoms with Crippen LogP contribution in [0, 0.1) is 5.92 Å². The molecule has 1 saturated heterocycles. The summed E-state index contributed by atoms with van der Waals surface area (Å²) in [5, 5.41) is 11.9. The van der Waals surface area contributed by atoms with Gasteiger partial charge in [0.15, 0.2) is 0 Å². The lowest BCUT2D eigenvalue weighted by atomic mass is 10.0. The van der Waals surface area contributed by atoms with E-state index in [1.807, 2.05) is 30.3 Å². The number of rotatable bonds is 4. The minimum Gasteiger partial charge on any atom is -0.493 e. The molecule has 0 aliphatic carbocycles. The molecule has 3 nitrogen and oxygen atoms in total. The summed E-state index contributed by atoms with van der Waals surface area (Å²) in [4.78, 5) is 0. The summed E-state index contributed by atoms with van der Waals surface area (Å²) in [5.74, 6) is 1.36. The average molecular weight is 272 g/mol. The van der Waals surface area contributed by atoms with Crippen LogP contribution in [0.4, 0.5) is 0 Å². The summed E-state index contributed by atoms with van der Waals surface area (Å²) in [7, 11) is 0. The van der Waals surface area contributed by atoms with E-state index in [2.05, 4.69) is 6.07 Å². The van der Waals surface area contributed by atoms with Crippen molar-refractivity contribution in [2.45, 2.75) is 19.4 Å². The van der Waals surface area contributed by atoms with Crippen molar-refractivity contribution < 1.29 is 14.6 Å². The van der Waals surface area contributed by atoms with Gasteiger partial charge in [0.2, 0.25) is 0 Å². The van der Waals surface area contributed by atoms with Gasteiger partial charge in [-0.25, -0.2) is 0 Å². The topological polar surface area (TPSA) is 38.7 Å². The summed E-state index contributed by atoms with van der Waals surface area (Å²) in [6.07, 6.45) is 2.12. The molecule has 0 atom stereocenters. The second-order valence-corrected chi connectivity index (χ2v) is 5.29. The minimum atomic E-state index is 0.00443. The standard InChI is InChI=1S/C17H20O3/c18-11-16-15-4-2-1-3-14(15)5-6-17(16)20-12-13-7-9-19-10-8-13/h1-6,13,18H,7-12H2. The van der Waals surface area contributed by atoms with Gasteiger partial charge < -0.3 is 14.6 Å². The Balaban J connectivity index is 1.80. The normalized spacial score (nSPS) is 16.4. The zero-order chi connectivity index (χ0) is 13.8. The Bertz CT molecular complexity index is 573. The van der Waals surface area contributed by atoms with E-state index in [0.717, 1.165) is 48.1 Å². The van der Waals surface area contributed by atoms with Crippen LogP contribution < -0.4 is 4.74 Å². The van der Waals surface area contributed by atoms with Gasteiger partial charge in [-0.3, -0.25) is 0 Å². The molecule has 1 aliphatic rings. The largest absolute Gasteiger partial charge is 0.493 e. The van der Waals surface area contributed by atoms with Gasteiger partial charge in [0.05, 0.1) is 13.2 Å². The highest BCUT2D eigenvalue weighted by atomic mass is 16.5. The molecule has 0 unspecified atom stereocenters. The van der Waals surface area contributed by atoms with E-state index >= 15 is 0 Å². The van der Waals surface area contributed by atoms with Crippen molar-refractivity contribution in [3.63, 3.8) is 0 Å². The Kier molecular flexibility index (Phi) is 4.19. The predicted molar refractivity (Wildman–Crippen MR) is 78.9 cm³/mol. The lowest BCUT2D eigenvalue weighted by Gasteiger charge is -2.23. The molecule has 0 radical (unpaired) electrons. The third kappa shape index (κ3) is 2.79. The van der Waals surface area contributed by atoms with Crippen LogP contribution in [-0.2, 0) is 11.3 Å². The molecule has 3 rings (SSSR count). The van der Waals surface area contributed by atoms with Crippen LogP contribution in [0.15, 0.2) is 36.4 Å². The Morgan fingerprint density at radius 1 is 1.10 bits per heavy atom. The number of hydrogen-bond acceptors (Lipinski definition) is 3. The maximum atomic E-state index is 9.65. The zero-order valence-electron chi connectivity index (χ0n) is 11.5. The number of hydrogen-bond donors (Lipinski definition) is 1. The van der Waals surface area contributed by atoms with E-state index < -0.39 is 0 Å². The van der Waals surface area contributed by atoms with Crippen LogP contribution in [0.1, 0.15) is 18.4 Å². The van der Waals surface area contributed by atoms with Gasteiger partial charge in [-0.1, -0.05) is 30.3 Å². The molecule has 1 N–H and O–H groups in total. The number of benzene rings is 2. The first kappa shape index (κ1) is 13.4. The quantitative estimate of drug-likeness (QED) is 0.929. The second kappa shape index (κ2) is 6.25. The number of ether oxygens (including phenoxy) is 2. The van der Waals surface area contributed by atoms with Crippen molar-refractivity contribution >= 4 is 10.8 Å². The van der Waals surface area contributed by atoms with Crippen molar-refractivity contribution in [2.24, 2.45) is 5.92 Å². The minimum absolute atomic E-state index is 0.00443. The molecule has 1 fully saturated rings. The highest BCUT2D eigenvalue weighted by molar-refractivity contribution is 5.87. The third-order valence-electron chi connectivity index (χ3n) is 3.97. The molecular formula is C17H20O3. The predicted octanol–water partition coefficient (Wildman–Crippen LogP) is 3.14. The van der Waals surface area contributed by atoms with Crippen molar-refractivity contribution in [2.75, 3.05) is 19.8 Å². The molecule has 3 heteroatoms. The molecule has 106 valence electrons. The average Bonchev–Trinajstić information content (AvgIpc) is 2.53. The molecule has 1 heterocycles. The van der Waals surface area contributed by atoms with E-state index in [1.165, 1.54) is 0 Å². The summed E-state index contributed by atoms with van der Waals surface area (Å²) in [5.41, 5.74) is 0.884. The molecule has 2 aromatic carbocycles. The number of aliphatic hydroxyl groups is 1. The molecule has 0 aromatic heterocycles. The maximum absolute atomic E-state index is 9.65. The van der Waals surface area contributed by atoms with Crippen LogP contribution in [0.25, 0.3) is 10.8 Å². The van der Waals surface area contributed by atoms with Crippen molar-refractivity contribution in [1.29, 1.82) is 0 Å². The molecule has 20 heavy (non-hydrogen) atoms. The van der Waals surface area contributed by atoms with Crippen molar-refractivity contribution in [3.05, 3.63) is 42.0 Å². The van der Waals surface area contributed by atoms with E-state index in [4.69, 9.17) is 9.47 Å². The van der Waals surface area contributed by atoms with E-state index in [0.29, 0.717) is 12.5 Å². The SMILES string of the molecule is OCc1c(OCC2CCOCC2)ccc2ccccc12. The number of fused-ring (bicyclic) bond motifs is 1. The first-order valence-corrected chi connectivity index (χ1v) is 7.20. The van der Waals surface area contributed by atoms with Crippen LogP contribution >= 0.6 is 0 Å². The monoisotopic (exact) mass is 272 g/mol. The van der Waals surface area contributed by atoms with Gasteiger partial charge in [0, 0.05) is 18.8 Å². The molecular weight excluding hydrogens is 252 g/mol. The molecule has 0 saturated carbocycles. The number of aliphatic hydroxyl groups excluding tert-OH is 1. The van der Waals surface area contributed by atoms with Gasteiger partial charge in [0.25, 0.3) is 0 Å². The van der Waals surface area contributed by atoms with Crippen LogP contribution in [-0.4, -0.2) is 24.9 Å². The molecule has 2 aromatic rings. The van der Waals surface area contributed by atoms with Crippen LogP contribution in [0.2, 0.25) is 0 Å². The van der Waals surface area contributed by atoms with E-state index in [-0.39, 0.29) is 6.61 Å². The van der Waals surface area contributed by atoms with E-state index in [9.17, 15) is 5.11 Å². The fraction of sp³-hybridized carbons (Fsp3) is 0.412. The molecule has 1 aliphatic heterocycles. The van der Waals surface area contributed by atoms with Crippen LogP contribution in [0.5, 0.6) is 5.75 Å². The summed E-state index contributed by atoms with van der Waals surface area (Å²) in [6.45, 7) is 2.37. The Hall–Kier alpha value is -1.58. The highest BCUT2D eigenvalue weighted by Crippen LogP contribution is 2.29. The lowest BCUT2D eigenvalue weighted by molar-refractivity contribution is 0.0494. The summed E-state index contributed by atoms with van der Waals surface area (Å²) < 4.78 is 11.3.